The predicted octanol–water partition coefficient (Wildman–Crippen LogP) is 2.87. The van der Waals surface area contributed by atoms with Crippen LogP contribution in [-0.4, -0.2) is 36.5 Å². The molecule has 1 aliphatic rings. The number of carbonyl (C=O) groups excluding carboxylic acids is 1. The number of nitrogens with two attached hydrogens (primary N) is 1. The van der Waals surface area contributed by atoms with Crippen molar-refractivity contribution in [1.82, 2.24) is 4.90 Å². The SMILES string of the molecule is NC(Cc1ccccc1)C(=O)N1CCC(COc2ccccc2)CC1. The van der Waals surface area contributed by atoms with Crippen LogP contribution in [0, 0.1) is 5.92 Å². The van der Waals surface area contributed by atoms with Gasteiger partial charge >= 0.3 is 0 Å². The minimum atomic E-state index is -0.459. The molecule has 2 N–H and O–H groups in total. The van der Waals surface area contributed by atoms with Gasteiger partial charge in [0.15, 0.2) is 0 Å². The highest BCUT2D eigenvalue weighted by Gasteiger charge is 2.26. The molecular formula is C21H26N2O2. The first-order valence-electron chi connectivity index (χ1n) is 8.98. The fourth-order valence-corrected chi connectivity index (χ4v) is 3.24. The van der Waals surface area contributed by atoms with E-state index in [2.05, 4.69) is 0 Å². The Kier molecular flexibility index (Phi) is 6.07. The van der Waals surface area contributed by atoms with E-state index in [9.17, 15) is 4.79 Å². The summed E-state index contributed by atoms with van der Waals surface area (Å²) in [5.74, 6) is 1.46. The van der Waals surface area contributed by atoms with Crippen LogP contribution < -0.4 is 10.5 Å². The first-order valence-corrected chi connectivity index (χ1v) is 8.98. The Morgan fingerprint density at radius 2 is 1.64 bits per heavy atom. The number of hydrogen-bond donors (Lipinski definition) is 1. The van der Waals surface area contributed by atoms with E-state index >= 15 is 0 Å². The number of benzene rings is 2. The zero-order chi connectivity index (χ0) is 17.5. The molecule has 0 radical (unpaired) electrons. The highest BCUT2D eigenvalue weighted by atomic mass is 16.5. The summed E-state index contributed by atoms with van der Waals surface area (Å²) in [6.07, 6.45) is 2.53. The maximum Gasteiger partial charge on any atom is 0.239 e. The van der Waals surface area contributed by atoms with Gasteiger partial charge in [-0.3, -0.25) is 4.79 Å². The summed E-state index contributed by atoms with van der Waals surface area (Å²) in [7, 11) is 0. The van der Waals surface area contributed by atoms with Crippen molar-refractivity contribution in [2.24, 2.45) is 11.7 Å². The topological polar surface area (TPSA) is 55.6 Å². The number of amides is 1. The second-order valence-electron chi connectivity index (χ2n) is 6.69. The van der Waals surface area contributed by atoms with Crippen molar-refractivity contribution in [3.05, 3.63) is 66.2 Å². The van der Waals surface area contributed by atoms with Crippen LogP contribution in [0.4, 0.5) is 0 Å². The van der Waals surface area contributed by atoms with Crippen LogP contribution in [0.5, 0.6) is 5.75 Å². The Bertz CT molecular complexity index is 652. The highest BCUT2D eigenvalue weighted by molar-refractivity contribution is 5.82. The standard InChI is InChI=1S/C21H26N2O2/c22-20(15-17-7-3-1-4-8-17)21(24)23-13-11-18(12-14-23)16-25-19-9-5-2-6-10-19/h1-10,18,20H,11-16,22H2. The third kappa shape index (κ3) is 5.07. The predicted molar refractivity (Wildman–Crippen MR) is 99.4 cm³/mol. The number of piperidine rings is 1. The molecule has 2 aromatic carbocycles. The van der Waals surface area contributed by atoms with Crippen LogP contribution in [0.25, 0.3) is 0 Å². The summed E-state index contributed by atoms with van der Waals surface area (Å²) in [6, 6.07) is 19.4. The fraction of sp³-hybridized carbons (Fsp3) is 0.381. The summed E-state index contributed by atoms with van der Waals surface area (Å²) in [5, 5.41) is 0. The van der Waals surface area contributed by atoms with E-state index in [1.807, 2.05) is 65.6 Å². The number of hydrogen-bond acceptors (Lipinski definition) is 3. The van der Waals surface area contributed by atoms with E-state index < -0.39 is 6.04 Å². The smallest absolute Gasteiger partial charge is 0.239 e. The molecule has 25 heavy (non-hydrogen) atoms. The Hall–Kier alpha value is -2.33. The molecular weight excluding hydrogens is 312 g/mol. The van der Waals surface area contributed by atoms with Crippen LogP contribution in [0.1, 0.15) is 18.4 Å². The molecule has 4 nitrogen and oxygen atoms in total. The molecule has 4 heteroatoms. The molecule has 0 bridgehead atoms. The minimum absolute atomic E-state index is 0.0614. The second-order valence-corrected chi connectivity index (χ2v) is 6.69. The van der Waals surface area contributed by atoms with Gasteiger partial charge in [0.2, 0.25) is 5.91 Å². The summed E-state index contributed by atoms with van der Waals surface area (Å²) in [5.41, 5.74) is 7.24. The second kappa shape index (κ2) is 8.67. The van der Waals surface area contributed by atoms with Crippen LogP contribution in [0.3, 0.4) is 0 Å². The van der Waals surface area contributed by atoms with Crippen molar-refractivity contribution < 1.29 is 9.53 Å². The molecule has 132 valence electrons. The number of rotatable bonds is 6. The monoisotopic (exact) mass is 338 g/mol. The molecule has 1 fully saturated rings. The Morgan fingerprint density at radius 1 is 1.04 bits per heavy atom. The van der Waals surface area contributed by atoms with Crippen LogP contribution in [0.2, 0.25) is 0 Å². The van der Waals surface area contributed by atoms with Crippen molar-refractivity contribution in [2.75, 3.05) is 19.7 Å². The molecule has 3 rings (SSSR count). The summed E-state index contributed by atoms with van der Waals surface area (Å²) < 4.78 is 5.84. The van der Waals surface area contributed by atoms with Crippen LogP contribution in [-0.2, 0) is 11.2 Å². The number of likely N-dealkylation sites (tertiary alicyclic amines) is 1. The highest BCUT2D eigenvalue weighted by Crippen LogP contribution is 2.20. The normalized spacial score (nSPS) is 16.4. The molecule has 2 aromatic rings. The first-order chi connectivity index (χ1) is 12.2. The molecule has 1 atom stereocenters. The Morgan fingerprint density at radius 3 is 2.28 bits per heavy atom. The van der Waals surface area contributed by atoms with E-state index in [1.165, 1.54) is 0 Å². The van der Waals surface area contributed by atoms with Crippen molar-refractivity contribution in [1.29, 1.82) is 0 Å². The van der Waals surface area contributed by atoms with Gasteiger partial charge in [-0.1, -0.05) is 48.5 Å². The summed E-state index contributed by atoms with van der Waals surface area (Å²) in [4.78, 5) is 14.5. The third-order valence-electron chi connectivity index (χ3n) is 4.77. The van der Waals surface area contributed by atoms with E-state index in [-0.39, 0.29) is 5.91 Å². The molecule has 0 aromatic heterocycles. The molecule has 1 heterocycles. The average Bonchev–Trinajstić information content (AvgIpc) is 2.68. The van der Waals surface area contributed by atoms with Gasteiger partial charge in [0.05, 0.1) is 12.6 Å². The van der Waals surface area contributed by atoms with Gasteiger partial charge in [-0.25, -0.2) is 0 Å². The van der Waals surface area contributed by atoms with E-state index in [0.29, 0.717) is 18.9 Å². The zero-order valence-corrected chi connectivity index (χ0v) is 14.5. The molecule has 0 aliphatic carbocycles. The minimum Gasteiger partial charge on any atom is -0.493 e. The lowest BCUT2D eigenvalue weighted by Crippen LogP contribution is -2.48. The largest absolute Gasteiger partial charge is 0.493 e. The maximum atomic E-state index is 12.6. The molecule has 0 spiro atoms. The number of ether oxygens (including phenoxy) is 1. The molecule has 1 amide bonds. The van der Waals surface area contributed by atoms with Crippen molar-refractivity contribution in [3.8, 4) is 5.75 Å². The molecule has 0 saturated carbocycles. The quantitative estimate of drug-likeness (QED) is 0.881. The van der Waals surface area contributed by atoms with Gasteiger partial charge < -0.3 is 15.4 Å². The summed E-state index contributed by atoms with van der Waals surface area (Å²) in [6.45, 7) is 2.25. The van der Waals surface area contributed by atoms with Crippen molar-refractivity contribution >= 4 is 5.91 Å². The van der Waals surface area contributed by atoms with E-state index in [1.54, 1.807) is 0 Å². The number of nitrogens with zero attached hydrogens (tertiary/aromatic N) is 1. The van der Waals surface area contributed by atoms with Crippen LogP contribution >= 0.6 is 0 Å². The lowest BCUT2D eigenvalue weighted by atomic mass is 9.96. The maximum absolute atomic E-state index is 12.6. The fourth-order valence-electron chi connectivity index (χ4n) is 3.24. The molecule has 1 saturated heterocycles. The third-order valence-corrected chi connectivity index (χ3v) is 4.77. The van der Waals surface area contributed by atoms with Crippen molar-refractivity contribution in [3.63, 3.8) is 0 Å². The Labute approximate surface area is 149 Å². The van der Waals surface area contributed by atoms with Gasteiger partial charge in [-0.05, 0) is 42.9 Å². The number of para-hydroxylation sites is 1. The molecule has 1 unspecified atom stereocenters. The number of carbonyl (C=O) groups is 1. The van der Waals surface area contributed by atoms with Gasteiger partial charge in [0, 0.05) is 13.1 Å². The van der Waals surface area contributed by atoms with Crippen LogP contribution in [0.15, 0.2) is 60.7 Å². The van der Waals surface area contributed by atoms with Crippen molar-refractivity contribution in [2.45, 2.75) is 25.3 Å². The zero-order valence-electron chi connectivity index (χ0n) is 14.5. The van der Waals surface area contributed by atoms with Gasteiger partial charge in [-0.15, -0.1) is 0 Å². The van der Waals surface area contributed by atoms with Gasteiger partial charge in [-0.2, -0.15) is 0 Å². The average molecular weight is 338 g/mol. The van der Waals surface area contributed by atoms with E-state index in [4.69, 9.17) is 10.5 Å². The lowest BCUT2D eigenvalue weighted by molar-refractivity contribution is -0.134. The van der Waals surface area contributed by atoms with Gasteiger partial charge in [0.25, 0.3) is 0 Å². The summed E-state index contributed by atoms with van der Waals surface area (Å²) >= 11 is 0. The first kappa shape index (κ1) is 17.5. The van der Waals surface area contributed by atoms with E-state index in [0.717, 1.165) is 37.2 Å². The Balaban J connectivity index is 1.42. The molecule has 1 aliphatic heterocycles. The lowest BCUT2D eigenvalue weighted by Gasteiger charge is -2.33. The van der Waals surface area contributed by atoms with Gasteiger partial charge in [0.1, 0.15) is 5.75 Å².